The molecule has 0 aromatic carbocycles. The fourth-order valence-electron chi connectivity index (χ4n) is 3.58. The summed E-state index contributed by atoms with van der Waals surface area (Å²) in [6, 6.07) is 3.87. The number of hydrogen-bond acceptors (Lipinski definition) is 7. The monoisotopic (exact) mass is 461 g/mol. The fourth-order valence-corrected chi connectivity index (χ4v) is 4.88. The van der Waals surface area contributed by atoms with Crippen molar-refractivity contribution in [1.82, 2.24) is 19.9 Å². The predicted molar refractivity (Wildman–Crippen MR) is 116 cm³/mol. The van der Waals surface area contributed by atoms with Crippen LogP contribution < -0.4 is 9.64 Å². The molecule has 1 saturated heterocycles. The highest BCUT2D eigenvalue weighted by atomic mass is 79.9. The van der Waals surface area contributed by atoms with Gasteiger partial charge in [-0.15, -0.1) is 0 Å². The zero-order chi connectivity index (χ0) is 19.5. The molecular formula is C20H24BrN5OS. The lowest BCUT2D eigenvalue weighted by Gasteiger charge is -2.34. The summed E-state index contributed by atoms with van der Waals surface area (Å²) in [7, 11) is 0. The van der Waals surface area contributed by atoms with Gasteiger partial charge in [0, 0.05) is 25.5 Å². The van der Waals surface area contributed by atoms with Crippen molar-refractivity contribution in [3.8, 4) is 5.19 Å². The van der Waals surface area contributed by atoms with Gasteiger partial charge in [-0.25, -0.2) is 19.9 Å². The smallest absolute Gasteiger partial charge is 0.276 e. The topological polar surface area (TPSA) is 64.0 Å². The van der Waals surface area contributed by atoms with Gasteiger partial charge in [0.1, 0.15) is 21.1 Å². The zero-order valence-electron chi connectivity index (χ0n) is 16.1. The van der Waals surface area contributed by atoms with Crippen molar-refractivity contribution >= 4 is 43.6 Å². The number of fused-ring (bicyclic) bond motifs is 1. The van der Waals surface area contributed by atoms with Crippen molar-refractivity contribution in [2.45, 2.75) is 45.6 Å². The number of thiazole rings is 1. The van der Waals surface area contributed by atoms with E-state index in [1.54, 1.807) is 0 Å². The summed E-state index contributed by atoms with van der Waals surface area (Å²) < 4.78 is 6.98. The Morgan fingerprint density at radius 1 is 1.21 bits per heavy atom. The number of pyridine rings is 1. The van der Waals surface area contributed by atoms with Crippen molar-refractivity contribution in [2.75, 3.05) is 18.0 Å². The standard InChI is InChI=1S/C20H24BrN5OS/c1-3-4-14-11-22-19(23-12-14)26-9-7-15(8-10-26)13(2)27-20-24-16-5-6-17(21)25-18(16)28-20/h5-6,11-13,15H,3-4,7-10H2,1-2H3. The van der Waals surface area contributed by atoms with Crippen molar-refractivity contribution in [2.24, 2.45) is 5.92 Å². The van der Waals surface area contributed by atoms with Crippen LogP contribution in [0.4, 0.5) is 5.95 Å². The largest absolute Gasteiger partial charge is 0.467 e. The van der Waals surface area contributed by atoms with E-state index in [4.69, 9.17) is 4.74 Å². The van der Waals surface area contributed by atoms with Crippen LogP contribution in [-0.2, 0) is 6.42 Å². The molecule has 3 aromatic rings. The Labute approximate surface area is 177 Å². The summed E-state index contributed by atoms with van der Waals surface area (Å²) in [5.74, 6) is 1.34. The second kappa shape index (κ2) is 8.69. The Morgan fingerprint density at radius 2 is 1.96 bits per heavy atom. The molecule has 3 aromatic heterocycles. The van der Waals surface area contributed by atoms with Gasteiger partial charge in [0.2, 0.25) is 5.95 Å². The summed E-state index contributed by atoms with van der Waals surface area (Å²) in [5.41, 5.74) is 2.09. The first-order valence-corrected chi connectivity index (χ1v) is 11.4. The Bertz CT molecular complexity index is 924. The van der Waals surface area contributed by atoms with Crippen LogP contribution in [0.2, 0.25) is 0 Å². The van der Waals surface area contributed by atoms with Crippen molar-refractivity contribution < 1.29 is 4.74 Å². The van der Waals surface area contributed by atoms with Crippen molar-refractivity contribution in [3.63, 3.8) is 0 Å². The Morgan fingerprint density at radius 3 is 2.68 bits per heavy atom. The maximum atomic E-state index is 6.16. The SMILES string of the molecule is CCCc1cnc(N2CCC(C(C)Oc3nc4ccc(Br)nc4s3)CC2)nc1. The van der Waals surface area contributed by atoms with Crippen molar-refractivity contribution in [1.29, 1.82) is 0 Å². The first-order valence-electron chi connectivity index (χ1n) is 9.78. The first-order chi connectivity index (χ1) is 13.6. The normalized spacial score (nSPS) is 16.5. The molecule has 1 atom stereocenters. The number of halogens is 1. The van der Waals surface area contributed by atoms with Crippen LogP contribution in [-0.4, -0.2) is 39.1 Å². The minimum Gasteiger partial charge on any atom is -0.467 e. The van der Waals surface area contributed by atoms with E-state index in [2.05, 4.69) is 54.6 Å². The quantitative estimate of drug-likeness (QED) is 0.487. The number of piperidine rings is 1. The van der Waals surface area contributed by atoms with Crippen LogP contribution in [0.5, 0.6) is 5.19 Å². The molecule has 0 spiro atoms. The highest BCUT2D eigenvalue weighted by Crippen LogP contribution is 2.31. The summed E-state index contributed by atoms with van der Waals surface area (Å²) >= 11 is 4.91. The molecule has 0 saturated carbocycles. The summed E-state index contributed by atoms with van der Waals surface area (Å²) in [4.78, 5) is 21.3. The second-order valence-electron chi connectivity index (χ2n) is 7.23. The molecular weight excluding hydrogens is 438 g/mol. The van der Waals surface area contributed by atoms with E-state index in [1.807, 2.05) is 24.5 Å². The third-order valence-corrected chi connectivity index (χ3v) is 6.50. The lowest BCUT2D eigenvalue weighted by atomic mass is 9.92. The average molecular weight is 462 g/mol. The van der Waals surface area contributed by atoms with Gasteiger partial charge >= 0.3 is 0 Å². The molecule has 6 nitrogen and oxygen atoms in total. The first kappa shape index (κ1) is 19.5. The van der Waals surface area contributed by atoms with E-state index in [1.165, 1.54) is 16.9 Å². The van der Waals surface area contributed by atoms with Crippen LogP contribution in [0.25, 0.3) is 10.3 Å². The van der Waals surface area contributed by atoms with Crippen LogP contribution in [0.3, 0.4) is 0 Å². The molecule has 4 heterocycles. The number of nitrogens with zero attached hydrogens (tertiary/aromatic N) is 5. The number of aromatic nitrogens is 4. The highest BCUT2D eigenvalue weighted by molar-refractivity contribution is 9.10. The molecule has 0 bridgehead atoms. The number of rotatable bonds is 6. The molecule has 0 N–H and O–H groups in total. The second-order valence-corrected chi connectivity index (χ2v) is 8.98. The number of aryl methyl sites for hydroxylation is 1. The van der Waals surface area contributed by atoms with E-state index in [9.17, 15) is 0 Å². The van der Waals surface area contributed by atoms with Gasteiger partial charge in [-0.3, -0.25) is 0 Å². The minimum atomic E-state index is 0.124. The lowest BCUT2D eigenvalue weighted by molar-refractivity contribution is 0.132. The Balaban J connectivity index is 1.33. The van der Waals surface area contributed by atoms with Gasteiger partial charge in [0.15, 0.2) is 0 Å². The maximum absolute atomic E-state index is 6.16. The van der Waals surface area contributed by atoms with E-state index in [-0.39, 0.29) is 6.10 Å². The predicted octanol–water partition coefficient (Wildman–Crippen LogP) is 4.88. The number of anilines is 1. The molecule has 1 aliphatic rings. The molecule has 28 heavy (non-hydrogen) atoms. The Kier molecular flexibility index (Phi) is 6.06. The van der Waals surface area contributed by atoms with Crippen LogP contribution in [0, 0.1) is 5.92 Å². The number of ether oxygens (including phenoxy) is 1. The Hall–Kier alpha value is -1.80. The van der Waals surface area contributed by atoms with Gasteiger partial charge in [-0.2, -0.15) is 0 Å². The third-order valence-electron chi connectivity index (χ3n) is 5.21. The molecule has 0 aliphatic carbocycles. The molecule has 8 heteroatoms. The molecule has 148 valence electrons. The van der Waals surface area contributed by atoms with Crippen molar-refractivity contribution in [3.05, 3.63) is 34.7 Å². The molecule has 0 amide bonds. The van der Waals surface area contributed by atoms with Gasteiger partial charge in [0.05, 0.1) is 0 Å². The molecule has 4 rings (SSSR count). The van der Waals surface area contributed by atoms with E-state index in [0.717, 1.165) is 59.7 Å². The summed E-state index contributed by atoms with van der Waals surface area (Å²) in [6.07, 6.45) is 8.33. The van der Waals surface area contributed by atoms with Crippen LogP contribution in [0.1, 0.15) is 38.7 Å². The maximum Gasteiger partial charge on any atom is 0.276 e. The fraction of sp³-hybridized carbons (Fsp3) is 0.500. The van der Waals surface area contributed by atoms with Crippen LogP contribution in [0.15, 0.2) is 29.1 Å². The van der Waals surface area contributed by atoms with E-state index >= 15 is 0 Å². The lowest BCUT2D eigenvalue weighted by Crippen LogP contribution is -2.39. The highest BCUT2D eigenvalue weighted by Gasteiger charge is 2.27. The minimum absolute atomic E-state index is 0.124. The average Bonchev–Trinajstić information content (AvgIpc) is 3.10. The number of hydrogen-bond donors (Lipinski definition) is 0. The summed E-state index contributed by atoms with van der Waals surface area (Å²) in [6.45, 7) is 6.23. The molecule has 1 aliphatic heterocycles. The van der Waals surface area contributed by atoms with Gasteiger partial charge in [-0.05, 0) is 65.7 Å². The molecule has 1 fully saturated rings. The zero-order valence-corrected chi connectivity index (χ0v) is 18.5. The third kappa shape index (κ3) is 4.43. The van der Waals surface area contributed by atoms with Gasteiger partial charge in [0.25, 0.3) is 5.19 Å². The van der Waals surface area contributed by atoms with E-state index < -0.39 is 0 Å². The summed E-state index contributed by atoms with van der Waals surface area (Å²) in [5, 5.41) is 0.699. The van der Waals surface area contributed by atoms with Crippen LogP contribution >= 0.6 is 27.3 Å². The van der Waals surface area contributed by atoms with Gasteiger partial charge < -0.3 is 9.64 Å². The van der Waals surface area contributed by atoms with E-state index in [0.29, 0.717) is 11.1 Å². The van der Waals surface area contributed by atoms with Gasteiger partial charge in [-0.1, -0.05) is 24.7 Å². The molecule has 0 radical (unpaired) electrons. The molecule has 1 unspecified atom stereocenters.